The lowest BCUT2D eigenvalue weighted by molar-refractivity contribution is -0.137. The van der Waals surface area contributed by atoms with Crippen molar-refractivity contribution in [2.24, 2.45) is 5.92 Å². The first kappa shape index (κ1) is 13.1. The van der Waals surface area contributed by atoms with Gasteiger partial charge >= 0.3 is 6.18 Å². The summed E-state index contributed by atoms with van der Waals surface area (Å²) in [5.74, 6) is 0.394. The van der Waals surface area contributed by atoms with Gasteiger partial charge in [-0.3, -0.25) is 4.79 Å². The number of hydrogen-bond donors (Lipinski definition) is 0. The van der Waals surface area contributed by atoms with Gasteiger partial charge in [0.2, 0.25) is 0 Å². The number of carbonyl (C=O) groups is 1. The number of ketones is 1. The summed E-state index contributed by atoms with van der Waals surface area (Å²) >= 11 is 0. The molecule has 0 aromatic heterocycles. The third-order valence-corrected chi connectivity index (χ3v) is 3.55. The summed E-state index contributed by atoms with van der Waals surface area (Å²) < 4.78 is 37.5. The molecule has 2 rings (SSSR count). The lowest BCUT2D eigenvalue weighted by atomic mass is 9.80. The molecule has 1 aliphatic carbocycles. The Morgan fingerprint density at radius 1 is 1.33 bits per heavy atom. The number of carbonyl (C=O) groups excluding carboxylic acids is 1. The Morgan fingerprint density at radius 2 is 2.00 bits per heavy atom. The van der Waals surface area contributed by atoms with E-state index in [2.05, 4.69) is 0 Å². The molecule has 0 atom stereocenters. The number of alkyl halides is 3. The molecule has 0 bridgehead atoms. The number of Topliss-reactive ketones (excluding diaryl/α,β-unsaturated/α-hetero) is 1. The molecule has 1 saturated carbocycles. The van der Waals surface area contributed by atoms with Crippen LogP contribution in [0, 0.1) is 12.8 Å². The lowest BCUT2D eigenvalue weighted by Crippen LogP contribution is -2.17. The first-order valence-corrected chi connectivity index (χ1v) is 6.09. The number of halogens is 3. The van der Waals surface area contributed by atoms with Gasteiger partial charge in [0, 0.05) is 12.0 Å². The standard InChI is InChI=1S/C14H15F3O/c1-9-7-11(14(15,16)17)5-6-12(9)13(18)8-10-3-2-4-10/h5-7,10H,2-4,8H2,1H3. The van der Waals surface area contributed by atoms with E-state index in [1.165, 1.54) is 6.07 Å². The lowest BCUT2D eigenvalue weighted by Gasteiger charge is -2.24. The summed E-state index contributed by atoms with van der Waals surface area (Å²) in [4.78, 5) is 11.9. The molecule has 4 heteroatoms. The molecule has 0 spiro atoms. The van der Waals surface area contributed by atoms with E-state index in [4.69, 9.17) is 0 Å². The Balaban J connectivity index is 2.16. The van der Waals surface area contributed by atoms with Gasteiger partial charge in [0.15, 0.2) is 5.78 Å². The van der Waals surface area contributed by atoms with Crippen LogP contribution < -0.4 is 0 Å². The van der Waals surface area contributed by atoms with Crippen molar-refractivity contribution in [3.63, 3.8) is 0 Å². The first-order chi connectivity index (χ1) is 8.38. The number of aryl methyl sites for hydroxylation is 1. The van der Waals surface area contributed by atoms with Crippen LogP contribution in [-0.2, 0) is 6.18 Å². The van der Waals surface area contributed by atoms with Crippen molar-refractivity contribution in [3.05, 3.63) is 34.9 Å². The normalized spacial score (nSPS) is 16.4. The number of benzene rings is 1. The van der Waals surface area contributed by atoms with Crippen molar-refractivity contribution in [3.8, 4) is 0 Å². The highest BCUT2D eigenvalue weighted by Crippen LogP contribution is 2.33. The minimum atomic E-state index is -4.35. The fourth-order valence-corrected chi connectivity index (χ4v) is 2.22. The first-order valence-electron chi connectivity index (χ1n) is 6.09. The van der Waals surface area contributed by atoms with Crippen LogP contribution in [0.2, 0.25) is 0 Å². The molecule has 1 fully saturated rings. The minimum absolute atomic E-state index is 0.0362. The monoisotopic (exact) mass is 256 g/mol. The van der Waals surface area contributed by atoms with Crippen LogP contribution in [0.15, 0.2) is 18.2 Å². The highest BCUT2D eigenvalue weighted by Gasteiger charge is 2.31. The molecule has 0 unspecified atom stereocenters. The third kappa shape index (κ3) is 2.74. The predicted octanol–water partition coefficient (Wildman–Crippen LogP) is 4.39. The van der Waals surface area contributed by atoms with Crippen molar-refractivity contribution < 1.29 is 18.0 Å². The number of rotatable bonds is 3. The fourth-order valence-electron chi connectivity index (χ4n) is 2.22. The van der Waals surface area contributed by atoms with Gasteiger partial charge in [0.25, 0.3) is 0 Å². The van der Waals surface area contributed by atoms with Gasteiger partial charge in [-0.25, -0.2) is 0 Å². The Bertz CT molecular complexity index is 459. The highest BCUT2D eigenvalue weighted by molar-refractivity contribution is 5.97. The van der Waals surface area contributed by atoms with E-state index < -0.39 is 11.7 Å². The fraction of sp³-hybridized carbons (Fsp3) is 0.500. The van der Waals surface area contributed by atoms with Crippen LogP contribution in [0.4, 0.5) is 13.2 Å². The molecule has 1 aliphatic rings. The molecule has 0 amide bonds. The molecule has 98 valence electrons. The smallest absolute Gasteiger partial charge is 0.294 e. The second-order valence-electron chi connectivity index (χ2n) is 4.95. The van der Waals surface area contributed by atoms with Crippen LogP contribution >= 0.6 is 0 Å². The van der Waals surface area contributed by atoms with E-state index in [1.807, 2.05) is 0 Å². The summed E-state index contributed by atoms with van der Waals surface area (Å²) in [5.41, 5.74) is 0.143. The Hall–Kier alpha value is -1.32. The van der Waals surface area contributed by atoms with Crippen molar-refractivity contribution in [2.45, 2.75) is 38.8 Å². The van der Waals surface area contributed by atoms with Gasteiger partial charge in [-0.05, 0) is 30.5 Å². The minimum Gasteiger partial charge on any atom is -0.294 e. The van der Waals surface area contributed by atoms with Gasteiger partial charge in [-0.2, -0.15) is 13.2 Å². The maximum absolute atomic E-state index is 12.5. The molecular weight excluding hydrogens is 241 g/mol. The van der Waals surface area contributed by atoms with E-state index in [1.54, 1.807) is 6.92 Å². The van der Waals surface area contributed by atoms with Crippen molar-refractivity contribution in [1.82, 2.24) is 0 Å². The Kier molecular flexibility index (Phi) is 3.46. The van der Waals surface area contributed by atoms with Crippen LogP contribution in [0.25, 0.3) is 0 Å². The van der Waals surface area contributed by atoms with E-state index in [-0.39, 0.29) is 5.78 Å². The zero-order valence-corrected chi connectivity index (χ0v) is 10.2. The van der Waals surface area contributed by atoms with Crippen LogP contribution in [0.1, 0.15) is 47.2 Å². The maximum Gasteiger partial charge on any atom is 0.416 e. The summed E-state index contributed by atoms with van der Waals surface area (Å²) in [6.45, 7) is 1.56. The quantitative estimate of drug-likeness (QED) is 0.733. The van der Waals surface area contributed by atoms with Crippen molar-refractivity contribution >= 4 is 5.78 Å². The predicted molar refractivity (Wildman–Crippen MR) is 62.5 cm³/mol. The maximum atomic E-state index is 12.5. The van der Waals surface area contributed by atoms with Gasteiger partial charge in [0.05, 0.1) is 5.56 Å². The summed E-state index contributed by atoms with van der Waals surface area (Å²) in [7, 11) is 0. The van der Waals surface area contributed by atoms with Crippen molar-refractivity contribution in [2.75, 3.05) is 0 Å². The highest BCUT2D eigenvalue weighted by atomic mass is 19.4. The Labute approximate surface area is 104 Å². The van der Waals surface area contributed by atoms with E-state index in [0.29, 0.717) is 23.5 Å². The van der Waals surface area contributed by atoms with Crippen LogP contribution in [-0.4, -0.2) is 5.78 Å². The largest absolute Gasteiger partial charge is 0.416 e. The van der Waals surface area contributed by atoms with Crippen LogP contribution in [0.3, 0.4) is 0 Å². The molecule has 1 nitrogen and oxygen atoms in total. The zero-order chi connectivity index (χ0) is 13.3. The summed E-state index contributed by atoms with van der Waals surface area (Å²) in [6.07, 6.45) is -0.604. The Morgan fingerprint density at radius 3 is 2.44 bits per heavy atom. The molecule has 0 aliphatic heterocycles. The van der Waals surface area contributed by atoms with E-state index >= 15 is 0 Å². The second-order valence-corrected chi connectivity index (χ2v) is 4.95. The molecule has 0 radical (unpaired) electrons. The van der Waals surface area contributed by atoms with Crippen LogP contribution in [0.5, 0.6) is 0 Å². The van der Waals surface area contributed by atoms with Crippen molar-refractivity contribution in [1.29, 1.82) is 0 Å². The van der Waals surface area contributed by atoms with Gasteiger partial charge in [-0.1, -0.05) is 25.3 Å². The summed E-state index contributed by atoms with van der Waals surface area (Å²) in [5, 5.41) is 0. The van der Waals surface area contributed by atoms with Gasteiger partial charge in [-0.15, -0.1) is 0 Å². The number of hydrogen-bond acceptors (Lipinski definition) is 1. The molecule has 1 aromatic carbocycles. The van der Waals surface area contributed by atoms with Gasteiger partial charge in [0.1, 0.15) is 0 Å². The third-order valence-electron chi connectivity index (χ3n) is 3.55. The average Bonchev–Trinajstić information content (AvgIpc) is 2.21. The van der Waals surface area contributed by atoms with Gasteiger partial charge < -0.3 is 0 Å². The molecule has 0 saturated heterocycles. The second kappa shape index (κ2) is 4.75. The molecule has 0 N–H and O–H groups in total. The topological polar surface area (TPSA) is 17.1 Å². The molecule has 0 heterocycles. The van der Waals surface area contributed by atoms with E-state index in [9.17, 15) is 18.0 Å². The SMILES string of the molecule is Cc1cc(C(F)(F)F)ccc1C(=O)CC1CCC1. The molecule has 1 aromatic rings. The molecular formula is C14H15F3O. The zero-order valence-electron chi connectivity index (χ0n) is 10.2. The average molecular weight is 256 g/mol. The van der Waals surface area contributed by atoms with E-state index in [0.717, 1.165) is 31.4 Å². The summed E-state index contributed by atoms with van der Waals surface area (Å²) in [6, 6.07) is 3.34. The molecule has 18 heavy (non-hydrogen) atoms.